The number of carbonyl (C=O) groups is 2. The van der Waals surface area contributed by atoms with E-state index in [0.29, 0.717) is 34.4 Å². The molecule has 2 atom stereocenters. The predicted molar refractivity (Wildman–Crippen MR) is 115 cm³/mol. The van der Waals surface area contributed by atoms with Crippen molar-refractivity contribution in [1.29, 1.82) is 0 Å². The summed E-state index contributed by atoms with van der Waals surface area (Å²) in [7, 11) is 0. The van der Waals surface area contributed by atoms with E-state index in [4.69, 9.17) is 25.8 Å². The summed E-state index contributed by atoms with van der Waals surface area (Å²) in [4.78, 5) is 27.9. The van der Waals surface area contributed by atoms with Gasteiger partial charge < -0.3 is 19.1 Å². The van der Waals surface area contributed by atoms with Gasteiger partial charge in [-0.1, -0.05) is 43.1 Å². The number of esters is 1. The molecule has 0 aliphatic carbocycles. The Labute approximate surface area is 184 Å². The van der Waals surface area contributed by atoms with E-state index in [0.717, 1.165) is 18.4 Å². The number of unbranched alkanes of at least 4 members (excludes halogenated alkanes) is 1. The maximum absolute atomic E-state index is 13.6. The monoisotopic (exact) mass is 447 g/mol. The molecule has 1 saturated heterocycles. The van der Waals surface area contributed by atoms with Gasteiger partial charge in [0.25, 0.3) is 5.91 Å². The van der Waals surface area contributed by atoms with Crippen molar-refractivity contribution in [3.8, 4) is 11.5 Å². The molecular weight excluding hydrogens is 426 g/mol. The molecule has 0 saturated carbocycles. The van der Waals surface area contributed by atoms with Gasteiger partial charge in [0.05, 0.1) is 6.61 Å². The largest absolute Gasteiger partial charge is 0.464 e. The standard InChI is InChI=1S/C22H22ClNO5S/c1-2-3-10-27-22(26)17-12-30-21(15-6-4-5-7-16(15)23)24(17)20(25)14-8-9-18-19(11-14)29-13-28-18/h4-9,11,17,21H,2-3,10,12-13H2,1H3. The van der Waals surface area contributed by atoms with E-state index in [2.05, 4.69) is 0 Å². The highest BCUT2D eigenvalue weighted by atomic mass is 35.5. The fourth-order valence-electron chi connectivity index (χ4n) is 3.44. The molecule has 0 aromatic heterocycles. The smallest absolute Gasteiger partial charge is 0.329 e. The van der Waals surface area contributed by atoms with Gasteiger partial charge in [-0.3, -0.25) is 4.79 Å². The van der Waals surface area contributed by atoms with Crippen LogP contribution in [0.1, 0.15) is 41.1 Å². The molecule has 2 aromatic carbocycles. The van der Waals surface area contributed by atoms with Gasteiger partial charge in [0, 0.05) is 21.9 Å². The zero-order valence-corrected chi connectivity index (χ0v) is 18.1. The second-order valence-corrected chi connectivity index (χ2v) is 8.54. The summed E-state index contributed by atoms with van der Waals surface area (Å²) in [5, 5.41) is 0.166. The molecule has 2 heterocycles. The predicted octanol–water partition coefficient (Wildman–Crippen LogP) is 4.67. The number of hydrogen-bond donors (Lipinski definition) is 0. The van der Waals surface area contributed by atoms with Gasteiger partial charge in [0.15, 0.2) is 11.5 Å². The van der Waals surface area contributed by atoms with Crippen molar-refractivity contribution in [3.63, 3.8) is 0 Å². The van der Waals surface area contributed by atoms with Crippen molar-refractivity contribution in [2.24, 2.45) is 0 Å². The van der Waals surface area contributed by atoms with E-state index in [1.165, 1.54) is 11.8 Å². The average Bonchev–Trinajstić information content (AvgIpc) is 3.40. The first-order valence-corrected chi connectivity index (χ1v) is 11.3. The van der Waals surface area contributed by atoms with Crippen LogP contribution in [-0.2, 0) is 9.53 Å². The Hall–Kier alpha value is -2.38. The molecule has 158 valence electrons. The van der Waals surface area contributed by atoms with Crippen molar-refractivity contribution in [3.05, 3.63) is 58.6 Å². The molecule has 6 nitrogen and oxygen atoms in total. The van der Waals surface area contributed by atoms with Crippen molar-refractivity contribution >= 4 is 35.2 Å². The summed E-state index contributed by atoms with van der Waals surface area (Å²) in [6.45, 7) is 2.50. The van der Waals surface area contributed by atoms with Crippen LogP contribution in [-0.4, -0.2) is 42.0 Å². The quantitative estimate of drug-likeness (QED) is 0.473. The van der Waals surface area contributed by atoms with Crippen molar-refractivity contribution in [1.82, 2.24) is 4.90 Å². The number of fused-ring (bicyclic) bond motifs is 1. The molecule has 2 unspecified atom stereocenters. The first kappa shape index (κ1) is 20.9. The number of ether oxygens (including phenoxy) is 3. The second-order valence-electron chi connectivity index (χ2n) is 7.02. The molecule has 2 aliphatic rings. The van der Waals surface area contributed by atoms with Crippen LogP contribution in [0.4, 0.5) is 0 Å². The lowest BCUT2D eigenvalue weighted by Gasteiger charge is -2.29. The minimum absolute atomic E-state index is 0.126. The van der Waals surface area contributed by atoms with Gasteiger partial charge in [0.2, 0.25) is 6.79 Å². The topological polar surface area (TPSA) is 65.1 Å². The fraction of sp³-hybridized carbons (Fsp3) is 0.364. The molecule has 1 fully saturated rings. The summed E-state index contributed by atoms with van der Waals surface area (Å²) < 4.78 is 16.2. The van der Waals surface area contributed by atoms with Gasteiger partial charge in [-0.05, 0) is 30.7 Å². The number of amides is 1. The first-order valence-electron chi connectivity index (χ1n) is 9.85. The van der Waals surface area contributed by atoms with Crippen molar-refractivity contribution < 1.29 is 23.8 Å². The molecule has 0 spiro atoms. The van der Waals surface area contributed by atoms with E-state index in [9.17, 15) is 9.59 Å². The Bertz CT molecular complexity index is 953. The highest BCUT2D eigenvalue weighted by molar-refractivity contribution is 7.99. The van der Waals surface area contributed by atoms with Crippen LogP contribution in [0.15, 0.2) is 42.5 Å². The highest BCUT2D eigenvalue weighted by Gasteiger charge is 2.44. The summed E-state index contributed by atoms with van der Waals surface area (Å²) in [5.41, 5.74) is 1.22. The SMILES string of the molecule is CCCCOC(=O)C1CSC(c2ccccc2Cl)N1C(=O)c1ccc2c(c1)OCO2. The molecule has 0 N–H and O–H groups in total. The maximum Gasteiger partial charge on any atom is 0.329 e. The summed E-state index contributed by atoms with van der Waals surface area (Å²) >= 11 is 7.93. The van der Waals surface area contributed by atoms with E-state index < -0.39 is 6.04 Å². The zero-order chi connectivity index (χ0) is 21.1. The van der Waals surface area contributed by atoms with E-state index >= 15 is 0 Å². The average molecular weight is 448 g/mol. The zero-order valence-electron chi connectivity index (χ0n) is 16.5. The number of benzene rings is 2. The molecule has 4 rings (SSSR count). The minimum Gasteiger partial charge on any atom is -0.464 e. The summed E-state index contributed by atoms with van der Waals surface area (Å²) in [5.74, 6) is 0.891. The van der Waals surface area contributed by atoms with Crippen molar-refractivity contribution in [2.75, 3.05) is 19.2 Å². The lowest BCUT2D eigenvalue weighted by molar-refractivity contribution is -0.148. The molecule has 0 bridgehead atoms. The van der Waals surface area contributed by atoms with Gasteiger partial charge in [-0.2, -0.15) is 0 Å². The molecule has 30 heavy (non-hydrogen) atoms. The number of nitrogens with zero attached hydrogens (tertiary/aromatic N) is 1. The summed E-state index contributed by atoms with van der Waals surface area (Å²) in [6.07, 6.45) is 1.71. The Morgan fingerprint density at radius 2 is 2.00 bits per heavy atom. The van der Waals surface area contributed by atoms with Crippen LogP contribution in [0.2, 0.25) is 5.02 Å². The van der Waals surface area contributed by atoms with Gasteiger partial charge >= 0.3 is 5.97 Å². The third kappa shape index (κ3) is 4.09. The van der Waals surface area contributed by atoms with Crippen LogP contribution >= 0.6 is 23.4 Å². The van der Waals surface area contributed by atoms with Crippen LogP contribution in [0.3, 0.4) is 0 Å². The lowest BCUT2D eigenvalue weighted by Crippen LogP contribution is -2.44. The van der Waals surface area contributed by atoms with Crippen LogP contribution in [0.25, 0.3) is 0 Å². The Kier molecular flexibility index (Phi) is 6.39. The first-order chi connectivity index (χ1) is 14.6. The maximum atomic E-state index is 13.6. The molecule has 8 heteroatoms. The van der Waals surface area contributed by atoms with Gasteiger partial charge in [0.1, 0.15) is 11.4 Å². The van der Waals surface area contributed by atoms with Gasteiger partial charge in [-0.15, -0.1) is 11.8 Å². The molecule has 1 amide bonds. The lowest BCUT2D eigenvalue weighted by atomic mass is 10.1. The number of hydrogen-bond acceptors (Lipinski definition) is 6. The van der Waals surface area contributed by atoms with E-state index in [1.54, 1.807) is 29.2 Å². The molecule has 2 aromatic rings. The molecule has 2 aliphatic heterocycles. The third-order valence-corrected chi connectivity index (χ3v) is 6.69. The summed E-state index contributed by atoms with van der Waals surface area (Å²) in [6, 6.07) is 11.7. The number of thioether (sulfide) groups is 1. The van der Waals surface area contributed by atoms with Crippen LogP contribution in [0, 0.1) is 0 Å². The highest BCUT2D eigenvalue weighted by Crippen LogP contribution is 2.45. The Morgan fingerprint density at radius 1 is 1.20 bits per heavy atom. The van der Waals surface area contributed by atoms with Crippen molar-refractivity contribution in [2.45, 2.75) is 31.2 Å². The number of halogens is 1. The number of carbonyl (C=O) groups excluding carboxylic acids is 2. The van der Waals surface area contributed by atoms with Crippen LogP contribution < -0.4 is 9.47 Å². The third-order valence-electron chi connectivity index (χ3n) is 5.04. The number of rotatable bonds is 6. The molecule has 0 radical (unpaired) electrons. The van der Waals surface area contributed by atoms with E-state index in [1.807, 2.05) is 25.1 Å². The minimum atomic E-state index is -0.689. The van der Waals surface area contributed by atoms with E-state index in [-0.39, 0.29) is 24.0 Å². The normalized spacial score (nSPS) is 19.7. The Balaban J connectivity index is 1.66. The van der Waals surface area contributed by atoms with Gasteiger partial charge in [-0.25, -0.2) is 4.79 Å². The Morgan fingerprint density at radius 3 is 2.80 bits per heavy atom. The second kappa shape index (κ2) is 9.18. The molecular formula is C22H22ClNO5S. The fourth-order valence-corrected chi connectivity index (χ4v) is 5.20. The van der Waals surface area contributed by atoms with Crippen LogP contribution in [0.5, 0.6) is 11.5 Å².